The molecule has 104 valence electrons. The molecule has 0 atom stereocenters. The summed E-state index contributed by atoms with van der Waals surface area (Å²) in [6.45, 7) is 6.02. The third-order valence-corrected chi connectivity index (χ3v) is 2.50. The van der Waals surface area contributed by atoms with E-state index < -0.39 is 0 Å². The normalized spacial score (nSPS) is 10.7. The highest BCUT2D eigenvalue weighted by Gasteiger charge is 2.16. The minimum atomic E-state index is -0.0847. The van der Waals surface area contributed by atoms with Gasteiger partial charge in [-0.05, 0) is 41.9 Å². The van der Waals surface area contributed by atoms with Gasteiger partial charge in [0.1, 0.15) is 5.75 Å². The van der Waals surface area contributed by atoms with Crippen molar-refractivity contribution in [3.8, 4) is 5.75 Å². The first-order chi connectivity index (χ1) is 8.80. The van der Waals surface area contributed by atoms with Crippen molar-refractivity contribution in [2.75, 3.05) is 12.4 Å². The average molecular weight is 280 g/mol. The molecule has 0 aliphatic carbocycles. The van der Waals surface area contributed by atoms with Crippen LogP contribution in [0.5, 0.6) is 5.75 Å². The summed E-state index contributed by atoms with van der Waals surface area (Å²) in [6.07, 6.45) is 0.428. The Morgan fingerprint density at radius 2 is 1.84 bits per heavy atom. The molecule has 0 saturated carbocycles. The monoisotopic (exact) mass is 280 g/mol. The number of ether oxygens (including phenoxy) is 1. The van der Waals surface area contributed by atoms with Gasteiger partial charge in [0.15, 0.2) is 5.11 Å². The summed E-state index contributed by atoms with van der Waals surface area (Å²) >= 11 is 5.09. The smallest absolute Gasteiger partial charge is 0.226 e. The van der Waals surface area contributed by atoms with Crippen molar-refractivity contribution in [3.63, 3.8) is 0 Å². The number of carbonyl (C=O) groups is 1. The molecule has 0 aliphatic rings. The van der Waals surface area contributed by atoms with E-state index in [1.807, 2.05) is 45.0 Å². The molecule has 0 aromatic heterocycles. The SMILES string of the molecule is COc1ccc(NC(=S)NC(=O)CC(C)(C)C)cc1. The van der Waals surface area contributed by atoms with Crippen LogP contribution < -0.4 is 15.4 Å². The highest BCUT2D eigenvalue weighted by molar-refractivity contribution is 7.80. The number of anilines is 1. The van der Waals surface area contributed by atoms with Crippen LogP contribution in [0.15, 0.2) is 24.3 Å². The van der Waals surface area contributed by atoms with Crippen molar-refractivity contribution in [1.82, 2.24) is 5.32 Å². The number of benzene rings is 1. The largest absolute Gasteiger partial charge is 0.497 e. The standard InChI is InChI=1S/C14H20N2O2S/c1-14(2,3)9-12(17)16-13(19)15-10-5-7-11(18-4)8-6-10/h5-8H,9H2,1-4H3,(H2,15,16,17,19). The second kappa shape index (κ2) is 6.52. The Bertz CT molecular complexity index is 450. The number of rotatable bonds is 3. The van der Waals surface area contributed by atoms with E-state index in [0.717, 1.165) is 11.4 Å². The maximum absolute atomic E-state index is 11.7. The first kappa shape index (κ1) is 15.4. The van der Waals surface area contributed by atoms with E-state index in [-0.39, 0.29) is 11.3 Å². The molecule has 0 unspecified atom stereocenters. The highest BCUT2D eigenvalue weighted by atomic mass is 32.1. The Balaban J connectivity index is 2.48. The number of carbonyl (C=O) groups excluding carboxylic acids is 1. The molecular formula is C14H20N2O2S. The van der Waals surface area contributed by atoms with Crippen LogP contribution in [-0.2, 0) is 4.79 Å². The van der Waals surface area contributed by atoms with Gasteiger partial charge in [-0.25, -0.2) is 0 Å². The summed E-state index contributed by atoms with van der Waals surface area (Å²) in [5, 5.41) is 5.92. The van der Waals surface area contributed by atoms with Crippen LogP contribution in [0.3, 0.4) is 0 Å². The van der Waals surface area contributed by atoms with E-state index in [1.165, 1.54) is 0 Å². The lowest BCUT2D eigenvalue weighted by molar-refractivity contribution is -0.121. The highest BCUT2D eigenvalue weighted by Crippen LogP contribution is 2.18. The maximum atomic E-state index is 11.7. The Morgan fingerprint density at radius 1 is 1.26 bits per heavy atom. The summed E-state index contributed by atoms with van der Waals surface area (Å²) in [5.41, 5.74) is 0.752. The fraction of sp³-hybridized carbons (Fsp3) is 0.429. The summed E-state index contributed by atoms with van der Waals surface area (Å²) in [7, 11) is 1.61. The molecule has 5 heteroatoms. The first-order valence-electron chi connectivity index (χ1n) is 6.05. The predicted molar refractivity (Wildman–Crippen MR) is 81.4 cm³/mol. The van der Waals surface area contributed by atoms with Crippen LogP contribution in [0.1, 0.15) is 27.2 Å². The summed E-state index contributed by atoms with van der Waals surface area (Å²) in [6, 6.07) is 7.31. The van der Waals surface area contributed by atoms with Crippen LogP contribution in [-0.4, -0.2) is 18.1 Å². The molecule has 2 N–H and O–H groups in total. The number of amides is 1. The Labute approximate surface area is 119 Å². The molecule has 1 aromatic carbocycles. The topological polar surface area (TPSA) is 50.4 Å². The van der Waals surface area contributed by atoms with Gasteiger partial charge in [-0.1, -0.05) is 20.8 Å². The van der Waals surface area contributed by atoms with Crippen molar-refractivity contribution in [1.29, 1.82) is 0 Å². The molecule has 1 amide bonds. The molecule has 0 fully saturated rings. The zero-order chi connectivity index (χ0) is 14.5. The van der Waals surface area contributed by atoms with E-state index in [0.29, 0.717) is 11.5 Å². The van der Waals surface area contributed by atoms with Crippen LogP contribution in [0.2, 0.25) is 0 Å². The van der Waals surface area contributed by atoms with E-state index in [1.54, 1.807) is 7.11 Å². The van der Waals surface area contributed by atoms with E-state index in [9.17, 15) is 4.79 Å². The zero-order valence-corrected chi connectivity index (χ0v) is 12.6. The molecule has 0 spiro atoms. The van der Waals surface area contributed by atoms with Gasteiger partial charge in [0.2, 0.25) is 5.91 Å². The van der Waals surface area contributed by atoms with Gasteiger partial charge >= 0.3 is 0 Å². The maximum Gasteiger partial charge on any atom is 0.226 e. The molecule has 1 aromatic rings. The van der Waals surface area contributed by atoms with Gasteiger partial charge in [-0.2, -0.15) is 0 Å². The number of methoxy groups -OCH3 is 1. The lowest BCUT2D eigenvalue weighted by atomic mass is 9.92. The van der Waals surface area contributed by atoms with Crippen molar-refractivity contribution in [2.24, 2.45) is 5.41 Å². The first-order valence-corrected chi connectivity index (χ1v) is 6.46. The van der Waals surface area contributed by atoms with E-state index in [2.05, 4.69) is 10.6 Å². The third kappa shape index (κ3) is 6.20. The Hall–Kier alpha value is -1.62. The molecule has 0 bridgehead atoms. The molecule has 0 saturated heterocycles. The quantitative estimate of drug-likeness (QED) is 0.836. The van der Waals surface area contributed by atoms with Crippen LogP contribution in [0.25, 0.3) is 0 Å². The van der Waals surface area contributed by atoms with Crippen LogP contribution >= 0.6 is 12.2 Å². The minimum absolute atomic E-state index is 0.0557. The summed E-state index contributed by atoms with van der Waals surface area (Å²) in [4.78, 5) is 11.7. The van der Waals surface area contributed by atoms with Gasteiger partial charge in [0, 0.05) is 12.1 Å². The van der Waals surface area contributed by atoms with Gasteiger partial charge in [-0.15, -0.1) is 0 Å². The predicted octanol–water partition coefficient (Wildman–Crippen LogP) is 2.94. The molecule has 1 rings (SSSR count). The fourth-order valence-electron chi connectivity index (χ4n) is 1.49. The van der Waals surface area contributed by atoms with Gasteiger partial charge in [0.05, 0.1) is 7.11 Å². The zero-order valence-electron chi connectivity index (χ0n) is 11.7. The van der Waals surface area contributed by atoms with Gasteiger partial charge in [-0.3, -0.25) is 4.79 Å². The van der Waals surface area contributed by atoms with E-state index in [4.69, 9.17) is 17.0 Å². The number of nitrogens with one attached hydrogen (secondary N) is 2. The molecule has 0 heterocycles. The van der Waals surface area contributed by atoms with Crippen molar-refractivity contribution in [3.05, 3.63) is 24.3 Å². The van der Waals surface area contributed by atoms with Crippen molar-refractivity contribution < 1.29 is 9.53 Å². The molecule has 0 radical (unpaired) electrons. The Kier molecular flexibility index (Phi) is 5.30. The lowest BCUT2D eigenvalue weighted by Crippen LogP contribution is -2.36. The fourth-order valence-corrected chi connectivity index (χ4v) is 1.72. The van der Waals surface area contributed by atoms with Gasteiger partial charge < -0.3 is 15.4 Å². The number of hydrogen-bond acceptors (Lipinski definition) is 3. The van der Waals surface area contributed by atoms with Crippen LogP contribution in [0, 0.1) is 5.41 Å². The van der Waals surface area contributed by atoms with E-state index >= 15 is 0 Å². The summed E-state index contributed by atoms with van der Waals surface area (Å²) < 4.78 is 5.06. The second-order valence-corrected chi connectivity index (χ2v) is 5.88. The molecule has 4 nitrogen and oxygen atoms in total. The van der Waals surface area contributed by atoms with Crippen molar-refractivity contribution >= 4 is 28.9 Å². The lowest BCUT2D eigenvalue weighted by Gasteiger charge is -2.17. The number of hydrogen-bond donors (Lipinski definition) is 2. The average Bonchev–Trinajstić information content (AvgIpc) is 2.27. The minimum Gasteiger partial charge on any atom is -0.497 e. The molecular weight excluding hydrogens is 260 g/mol. The Morgan fingerprint density at radius 3 is 2.32 bits per heavy atom. The van der Waals surface area contributed by atoms with Gasteiger partial charge in [0.25, 0.3) is 0 Å². The number of thiocarbonyl (C=S) groups is 1. The third-order valence-electron chi connectivity index (χ3n) is 2.29. The summed E-state index contributed by atoms with van der Waals surface area (Å²) in [5.74, 6) is 0.687. The molecule has 0 aliphatic heterocycles. The van der Waals surface area contributed by atoms with Crippen molar-refractivity contribution in [2.45, 2.75) is 27.2 Å². The second-order valence-electron chi connectivity index (χ2n) is 5.47. The molecule has 19 heavy (non-hydrogen) atoms. The van der Waals surface area contributed by atoms with Crippen LogP contribution in [0.4, 0.5) is 5.69 Å².